The molecule has 0 amide bonds. The van der Waals surface area contributed by atoms with Crippen molar-refractivity contribution >= 4 is 45.0 Å². The van der Waals surface area contributed by atoms with Crippen LogP contribution in [0, 0.1) is 0 Å². The Morgan fingerprint density at radius 3 is 2.50 bits per heavy atom. The molecule has 30 heavy (non-hydrogen) atoms. The molecular weight excluding hydrogens is 406 g/mol. The second-order valence-electron chi connectivity index (χ2n) is 7.67. The second-order valence-corrected chi connectivity index (χ2v) is 9.32. The fourth-order valence-electron chi connectivity index (χ4n) is 4.49. The number of halogens is 1. The summed E-state index contributed by atoms with van der Waals surface area (Å²) in [6, 6.07) is 31.9. The maximum atomic E-state index is 6.38. The molecule has 0 N–H and O–H groups in total. The SMILES string of the molecule is Clc1ccc2nc3c(c(-c4ccccc4)c2c1)SC(c1cccc2ccccc12)C3. The minimum absolute atomic E-state index is 0.355. The lowest BCUT2D eigenvalue weighted by Crippen LogP contribution is -1.96. The molecule has 0 aliphatic carbocycles. The third kappa shape index (κ3) is 2.91. The van der Waals surface area contributed by atoms with Crippen molar-refractivity contribution in [1.82, 2.24) is 4.98 Å². The molecule has 5 aromatic rings. The Bertz CT molecular complexity index is 1410. The maximum absolute atomic E-state index is 6.38. The molecule has 6 rings (SSSR count). The van der Waals surface area contributed by atoms with E-state index in [0.717, 1.165) is 22.3 Å². The number of hydrogen-bond donors (Lipinski definition) is 0. The third-order valence-corrected chi connectivity index (χ3v) is 7.46. The Hall–Kier alpha value is -2.81. The van der Waals surface area contributed by atoms with E-state index in [0.29, 0.717) is 5.25 Å². The van der Waals surface area contributed by atoms with Gasteiger partial charge in [-0.05, 0) is 40.1 Å². The fourth-order valence-corrected chi connectivity index (χ4v) is 6.13. The van der Waals surface area contributed by atoms with E-state index < -0.39 is 0 Å². The smallest absolute Gasteiger partial charge is 0.0713 e. The number of rotatable bonds is 2. The molecule has 4 aromatic carbocycles. The van der Waals surface area contributed by atoms with Gasteiger partial charge in [-0.1, -0.05) is 84.4 Å². The van der Waals surface area contributed by atoms with Gasteiger partial charge in [-0.25, -0.2) is 0 Å². The van der Waals surface area contributed by atoms with Gasteiger partial charge in [0.2, 0.25) is 0 Å². The van der Waals surface area contributed by atoms with Crippen LogP contribution in [0.25, 0.3) is 32.8 Å². The lowest BCUT2D eigenvalue weighted by atomic mass is 9.97. The summed E-state index contributed by atoms with van der Waals surface area (Å²) in [4.78, 5) is 6.35. The highest BCUT2D eigenvalue weighted by molar-refractivity contribution is 8.00. The molecular formula is C27H18ClNS. The van der Waals surface area contributed by atoms with E-state index in [9.17, 15) is 0 Å². The summed E-state index contributed by atoms with van der Waals surface area (Å²) in [5.74, 6) is 0. The van der Waals surface area contributed by atoms with E-state index in [-0.39, 0.29) is 0 Å². The van der Waals surface area contributed by atoms with Crippen LogP contribution in [0.1, 0.15) is 16.5 Å². The van der Waals surface area contributed by atoms with Crippen LogP contribution in [0.15, 0.2) is 95.9 Å². The molecule has 1 aromatic heterocycles. The minimum atomic E-state index is 0.355. The van der Waals surface area contributed by atoms with E-state index in [2.05, 4.69) is 78.9 Å². The average molecular weight is 424 g/mol. The van der Waals surface area contributed by atoms with Crippen molar-refractivity contribution in [2.75, 3.05) is 0 Å². The van der Waals surface area contributed by atoms with Gasteiger partial charge < -0.3 is 0 Å². The van der Waals surface area contributed by atoms with Gasteiger partial charge in [0, 0.05) is 32.5 Å². The standard InChI is InChI=1S/C27H18ClNS/c28-19-13-14-23-22(15-19)26(18-8-2-1-3-9-18)27-24(29-23)16-25(30-27)21-12-6-10-17-7-4-5-11-20(17)21/h1-15,25H,16H2. The van der Waals surface area contributed by atoms with Crippen molar-refractivity contribution in [3.63, 3.8) is 0 Å². The van der Waals surface area contributed by atoms with Crippen molar-refractivity contribution in [2.45, 2.75) is 16.6 Å². The Labute approximate surface area is 184 Å². The van der Waals surface area contributed by atoms with Crippen LogP contribution in [0.2, 0.25) is 5.02 Å². The fraction of sp³-hybridized carbons (Fsp3) is 0.0741. The summed E-state index contributed by atoms with van der Waals surface area (Å²) in [6.07, 6.45) is 0.937. The van der Waals surface area contributed by atoms with Crippen LogP contribution >= 0.6 is 23.4 Å². The maximum Gasteiger partial charge on any atom is 0.0713 e. The Kier molecular flexibility index (Phi) is 4.29. The van der Waals surface area contributed by atoms with Crippen molar-refractivity contribution in [1.29, 1.82) is 0 Å². The number of fused-ring (bicyclic) bond motifs is 3. The molecule has 0 bridgehead atoms. The zero-order chi connectivity index (χ0) is 20.1. The summed E-state index contributed by atoms with van der Waals surface area (Å²) >= 11 is 8.33. The molecule has 1 atom stereocenters. The molecule has 0 saturated heterocycles. The minimum Gasteiger partial charge on any atom is -0.252 e. The summed E-state index contributed by atoms with van der Waals surface area (Å²) in [5, 5.41) is 4.85. The van der Waals surface area contributed by atoms with Gasteiger partial charge in [0.05, 0.1) is 11.2 Å². The van der Waals surface area contributed by atoms with Gasteiger partial charge in [-0.2, -0.15) is 0 Å². The molecule has 0 fully saturated rings. The first-order valence-electron chi connectivity index (χ1n) is 10.1. The number of pyridine rings is 1. The number of nitrogens with zero attached hydrogens (tertiary/aromatic N) is 1. The highest BCUT2D eigenvalue weighted by Crippen LogP contribution is 2.52. The average Bonchev–Trinajstić information content (AvgIpc) is 3.21. The molecule has 1 aliphatic rings. The topological polar surface area (TPSA) is 12.9 Å². The number of hydrogen-bond acceptors (Lipinski definition) is 2. The van der Waals surface area contributed by atoms with E-state index >= 15 is 0 Å². The normalized spacial score (nSPS) is 15.6. The Morgan fingerprint density at radius 2 is 1.60 bits per heavy atom. The first kappa shape index (κ1) is 18.0. The quantitative estimate of drug-likeness (QED) is 0.284. The predicted octanol–water partition coefficient (Wildman–Crippen LogP) is 8.10. The third-order valence-electron chi connectivity index (χ3n) is 5.84. The predicted molar refractivity (Wildman–Crippen MR) is 128 cm³/mol. The van der Waals surface area contributed by atoms with E-state index in [1.165, 1.54) is 38.1 Å². The lowest BCUT2D eigenvalue weighted by Gasteiger charge is -2.14. The van der Waals surface area contributed by atoms with Gasteiger partial charge in [0.1, 0.15) is 0 Å². The van der Waals surface area contributed by atoms with Crippen LogP contribution in [-0.4, -0.2) is 4.98 Å². The zero-order valence-electron chi connectivity index (χ0n) is 16.2. The van der Waals surface area contributed by atoms with Gasteiger partial charge in [0.25, 0.3) is 0 Å². The van der Waals surface area contributed by atoms with Crippen LogP contribution < -0.4 is 0 Å². The van der Waals surface area contributed by atoms with E-state index in [1.54, 1.807) is 0 Å². The van der Waals surface area contributed by atoms with Crippen LogP contribution in [-0.2, 0) is 6.42 Å². The molecule has 0 spiro atoms. The summed E-state index contributed by atoms with van der Waals surface area (Å²) in [5.41, 5.74) is 6.06. The number of thioether (sulfide) groups is 1. The van der Waals surface area contributed by atoms with Gasteiger partial charge in [-0.3, -0.25) is 4.98 Å². The second kappa shape index (κ2) is 7.16. The number of aromatic nitrogens is 1. The molecule has 3 heteroatoms. The zero-order valence-corrected chi connectivity index (χ0v) is 17.8. The highest BCUT2D eigenvalue weighted by atomic mass is 35.5. The first-order valence-corrected chi connectivity index (χ1v) is 11.4. The van der Waals surface area contributed by atoms with Crippen molar-refractivity contribution in [3.05, 3.63) is 107 Å². The van der Waals surface area contributed by atoms with Crippen molar-refractivity contribution in [2.24, 2.45) is 0 Å². The van der Waals surface area contributed by atoms with Gasteiger partial charge >= 0.3 is 0 Å². The molecule has 1 unspecified atom stereocenters. The monoisotopic (exact) mass is 423 g/mol. The van der Waals surface area contributed by atoms with Crippen LogP contribution in [0.4, 0.5) is 0 Å². The lowest BCUT2D eigenvalue weighted by molar-refractivity contribution is 0.919. The van der Waals surface area contributed by atoms with Crippen LogP contribution in [0.3, 0.4) is 0 Å². The van der Waals surface area contributed by atoms with Gasteiger partial charge in [0.15, 0.2) is 0 Å². The van der Waals surface area contributed by atoms with Crippen molar-refractivity contribution < 1.29 is 0 Å². The first-order chi connectivity index (χ1) is 14.8. The van der Waals surface area contributed by atoms with Crippen molar-refractivity contribution in [3.8, 4) is 11.1 Å². The molecule has 144 valence electrons. The summed E-state index contributed by atoms with van der Waals surface area (Å²) in [7, 11) is 0. The van der Waals surface area contributed by atoms with E-state index in [4.69, 9.17) is 16.6 Å². The summed E-state index contributed by atoms with van der Waals surface area (Å²) in [6.45, 7) is 0. The number of benzene rings is 4. The summed E-state index contributed by atoms with van der Waals surface area (Å²) < 4.78 is 0. The molecule has 1 nitrogen and oxygen atoms in total. The highest BCUT2D eigenvalue weighted by Gasteiger charge is 2.30. The largest absolute Gasteiger partial charge is 0.252 e. The van der Waals surface area contributed by atoms with Gasteiger partial charge in [-0.15, -0.1) is 11.8 Å². The molecule has 1 aliphatic heterocycles. The van der Waals surface area contributed by atoms with E-state index in [1.807, 2.05) is 23.9 Å². The Balaban J connectivity index is 1.57. The molecule has 0 saturated carbocycles. The molecule has 2 heterocycles. The Morgan fingerprint density at radius 1 is 0.800 bits per heavy atom. The van der Waals surface area contributed by atoms with Crippen LogP contribution in [0.5, 0.6) is 0 Å². The molecule has 0 radical (unpaired) electrons.